The van der Waals surface area contributed by atoms with E-state index in [-0.39, 0.29) is 24.4 Å². The lowest BCUT2D eigenvalue weighted by molar-refractivity contribution is -0.146. The van der Waals surface area contributed by atoms with Crippen LogP contribution in [0.25, 0.3) is 0 Å². The van der Waals surface area contributed by atoms with Crippen LogP contribution in [0.15, 0.2) is 0 Å². The molecule has 1 atom stereocenters. The molecule has 4 nitrogen and oxygen atoms in total. The summed E-state index contributed by atoms with van der Waals surface area (Å²) in [6, 6.07) is -0.170. The van der Waals surface area contributed by atoms with Gasteiger partial charge in [0.1, 0.15) is 6.04 Å². The van der Waals surface area contributed by atoms with E-state index in [4.69, 9.17) is 0 Å². The molecule has 2 amide bonds. The second-order valence-electron chi connectivity index (χ2n) is 4.09. The Morgan fingerprint density at radius 2 is 2.14 bits per heavy atom. The fraction of sp³-hybridized carbons (Fsp3) is 0.800. The van der Waals surface area contributed by atoms with Gasteiger partial charge < -0.3 is 10.2 Å². The lowest BCUT2D eigenvalue weighted by Gasteiger charge is -2.34. The molecule has 2 rings (SSSR count). The van der Waals surface area contributed by atoms with Crippen molar-refractivity contribution in [1.82, 2.24) is 10.2 Å². The summed E-state index contributed by atoms with van der Waals surface area (Å²) in [6.07, 6.45) is 3.10. The van der Waals surface area contributed by atoms with Crippen LogP contribution in [0.3, 0.4) is 0 Å². The zero-order chi connectivity index (χ0) is 10.1. The van der Waals surface area contributed by atoms with Crippen molar-refractivity contribution in [2.45, 2.75) is 32.2 Å². The first-order valence-electron chi connectivity index (χ1n) is 5.31. The largest absolute Gasteiger partial charge is 0.345 e. The first-order chi connectivity index (χ1) is 6.74. The number of nitrogens with zero attached hydrogens (tertiary/aromatic N) is 1. The second kappa shape index (κ2) is 3.59. The second-order valence-corrected chi connectivity index (χ2v) is 4.09. The van der Waals surface area contributed by atoms with Crippen molar-refractivity contribution in [3.05, 3.63) is 0 Å². The Bertz CT molecular complexity index is 261. The molecule has 78 valence electrons. The fourth-order valence-corrected chi connectivity index (χ4v) is 2.05. The van der Waals surface area contributed by atoms with Crippen LogP contribution in [-0.4, -0.2) is 35.8 Å². The highest BCUT2D eigenvalue weighted by Crippen LogP contribution is 2.36. The molecule has 4 heteroatoms. The number of rotatable bonds is 3. The Hall–Kier alpha value is -1.06. The molecule has 0 aromatic heterocycles. The van der Waals surface area contributed by atoms with E-state index in [1.807, 2.05) is 6.92 Å². The van der Waals surface area contributed by atoms with E-state index in [0.717, 1.165) is 19.3 Å². The highest BCUT2D eigenvalue weighted by Gasteiger charge is 2.44. The van der Waals surface area contributed by atoms with Crippen LogP contribution in [-0.2, 0) is 9.59 Å². The molecule has 0 aromatic rings. The monoisotopic (exact) mass is 196 g/mol. The summed E-state index contributed by atoms with van der Waals surface area (Å²) in [4.78, 5) is 24.9. The van der Waals surface area contributed by atoms with Crippen LogP contribution in [0.1, 0.15) is 26.2 Å². The number of carbonyl (C=O) groups is 2. The minimum Gasteiger partial charge on any atom is -0.345 e. The molecule has 0 radical (unpaired) electrons. The zero-order valence-electron chi connectivity index (χ0n) is 8.45. The maximum absolute atomic E-state index is 11.6. The third-order valence-corrected chi connectivity index (χ3v) is 2.87. The van der Waals surface area contributed by atoms with Gasteiger partial charge in [-0.05, 0) is 25.2 Å². The minimum absolute atomic E-state index is 0.0422. The normalized spacial score (nSPS) is 27.8. The van der Waals surface area contributed by atoms with E-state index in [1.165, 1.54) is 0 Å². The van der Waals surface area contributed by atoms with Crippen LogP contribution in [0.5, 0.6) is 0 Å². The molecule has 1 aliphatic heterocycles. The van der Waals surface area contributed by atoms with Gasteiger partial charge in [-0.2, -0.15) is 0 Å². The number of hydrogen-bond donors (Lipinski definition) is 1. The lowest BCUT2D eigenvalue weighted by atomic mass is 10.1. The van der Waals surface area contributed by atoms with Gasteiger partial charge in [0, 0.05) is 6.54 Å². The average molecular weight is 196 g/mol. The quantitative estimate of drug-likeness (QED) is 0.697. The Kier molecular flexibility index (Phi) is 2.44. The molecular formula is C10H16N2O2. The fourth-order valence-electron chi connectivity index (χ4n) is 2.05. The molecule has 1 N–H and O–H groups in total. The molecule has 14 heavy (non-hydrogen) atoms. The topological polar surface area (TPSA) is 49.4 Å². The molecule has 0 bridgehead atoms. The summed E-state index contributed by atoms with van der Waals surface area (Å²) in [5, 5.41) is 2.66. The van der Waals surface area contributed by atoms with Crippen molar-refractivity contribution in [3.8, 4) is 0 Å². The maximum atomic E-state index is 11.6. The molecule has 2 fully saturated rings. The van der Waals surface area contributed by atoms with Gasteiger partial charge in [-0.1, -0.05) is 6.92 Å². The van der Waals surface area contributed by atoms with E-state index < -0.39 is 0 Å². The van der Waals surface area contributed by atoms with Gasteiger partial charge in [0.05, 0.1) is 6.54 Å². The number of hydrogen-bond acceptors (Lipinski definition) is 2. The molecule has 2 aliphatic rings. The van der Waals surface area contributed by atoms with Gasteiger partial charge in [0.15, 0.2) is 0 Å². The smallest absolute Gasteiger partial charge is 0.243 e. The van der Waals surface area contributed by atoms with Crippen molar-refractivity contribution in [2.24, 2.45) is 5.92 Å². The zero-order valence-corrected chi connectivity index (χ0v) is 8.45. The summed E-state index contributed by atoms with van der Waals surface area (Å²) in [6.45, 7) is 2.93. The number of nitrogens with one attached hydrogen (secondary N) is 1. The summed E-state index contributed by atoms with van der Waals surface area (Å²) in [7, 11) is 0. The Morgan fingerprint density at radius 1 is 1.43 bits per heavy atom. The number of piperazine rings is 1. The molecule has 1 saturated carbocycles. The summed E-state index contributed by atoms with van der Waals surface area (Å²) in [5.74, 6) is 0.537. The van der Waals surface area contributed by atoms with Crippen molar-refractivity contribution < 1.29 is 9.59 Å². The standard InChI is InChI=1S/C10H16N2O2/c1-2-5-12-8(13)6-11-10(14)9(12)7-3-4-7/h7,9H,2-6H2,1H3,(H,11,14). The molecule has 0 aromatic carbocycles. The first kappa shape index (κ1) is 9.49. The van der Waals surface area contributed by atoms with Gasteiger partial charge in [0.2, 0.25) is 11.8 Å². The molecular weight excluding hydrogens is 180 g/mol. The van der Waals surface area contributed by atoms with Crippen molar-refractivity contribution in [3.63, 3.8) is 0 Å². The van der Waals surface area contributed by atoms with E-state index in [1.54, 1.807) is 4.90 Å². The number of amides is 2. The highest BCUT2D eigenvalue weighted by atomic mass is 16.2. The highest BCUT2D eigenvalue weighted by molar-refractivity contribution is 5.95. The van der Waals surface area contributed by atoms with Crippen molar-refractivity contribution in [2.75, 3.05) is 13.1 Å². The van der Waals surface area contributed by atoms with Gasteiger partial charge in [-0.15, -0.1) is 0 Å². The predicted molar refractivity (Wildman–Crippen MR) is 51.5 cm³/mol. The molecule has 1 aliphatic carbocycles. The Balaban J connectivity index is 2.11. The molecule has 1 unspecified atom stereocenters. The first-order valence-corrected chi connectivity index (χ1v) is 5.31. The average Bonchev–Trinajstić information content (AvgIpc) is 2.95. The van der Waals surface area contributed by atoms with Crippen LogP contribution >= 0.6 is 0 Å². The molecule has 1 heterocycles. The van der Waals surface area contributed by atoms with Gasteiger partial charge in [-0.3, -0.25) is 9.59 Å². The van der Waals surface area contributed by atoms with Crippen molar-refractivity contribution >= 4 is 11.8 Å². The van der Waals surface area contributed by atoms with E-state index in [0.29, 0.717) is 12.5 Å². The van der Waals surface area contributed by atoms with Crippen LogP contribution in [0.2, 0.25) is 0 Å². The molecule has 0 spiro atoms. The van der Waals surface area contributed by atoms with E-state index >= 15 is 0 Å². The van der Waals surface area contributed by atoms with Crippen molar-refractivity contribution in [1.29, 1.82) is 0 Å². The molecule has 1 saturated heterocycles. The van der Waals surface area contributed by atoms with E-state index in [2.05, 4.69) is 5.32 Å². The summed E-state index contributed by atoms with van der Waals surface area (Å²) < 4.78 is 0. The van der Waals surface area contributed by atoms with Crippen LogP contribution < -0.4 is 5.32 Å². The summed E-state index contributed by atoms with van der Waals surface area (Å²) in [5.41, 5.74) is 0. The minimum atomic E-state index is -0.170. The maximum Gasteiger partial charge on any atom is 0.243 e. The van der Waals surface area contributed by atoms with Gasteiger partial charge in [-0.25, -0.2) is 0 Å². The third kappa shape index (κ3) is 1.61. The predicted octanol–water partition coefficient (Wildman–Crippen LogP) is 0.133. The Morgan fingerprint density at radius 3 is 2.71 bits per heavy atom. The third-order valence-electron chi connectivity index (χ3n) is 2.87. The van der Waals surface area contributed by atoms with Crippen LogP contribution in [0.4, 0.5) is 0 Å². The summed E-state index contributed by atoms with van der Waals surface area (Å²) >= 11 is 0. The SMILES string of the molecule is CCCN1C(=O)CNC(=O)C1C1CC1. The van der Waals surface area contributed by atoms with Gasteiger partial charge in [0.25, 0.3) is 0 Å². The lowest BCUT2D eigenvalue weighted by Crippen LogP contribution is -2.59. The Labute approximate surface area is 83.6 Å². The van der Waals surface area contributed by atoms with E-state index in [9.17, 15) is 9.59 Å². The van der Waals surface area contributed by atoms with Crippen LogP contribution in [0, 0.1) is 5.92 Å². The number of carbonyl (C=O) groups excluding carboxylic acids is 2. The van der Waals surface area contributed by atoms with Gasteiger partial charge >= 0.3 is 0 Å².